The van der Waals surface area contributed by atoms with Crippen molar-refractivity contribution in [2.75, 3.05) is 20.8 Å². The van der Waals surface area contributed by atoms with Crippen LogP contribution in [0.3, 0.4) is 0 Å². The topological polar surface area (TPSA) is 89.4 Å². The van der Waals surface area contributed by atoms with Gasteiger partial charge in [0, 0.05) is 6.07 Å². The number of carbonyl (C=O) groups is 1. The van der Waals surface area contributed by atoms with Gasteiger partial charge in [-0.15, -0.1) is 0 Å². The Morgan fingerprint density at radius 1 is 1.23 bits per heavy atom. The number of hydrazone groups is 1. The van der Waals surface area contributed by atoms with E-state index < -0.39 is 5.91 Å². The highest BCUT2D eigenvalue weighted by atomic mass is 79.9. The smallest absolute Gasteiger partial charge is 0.275 e. The van der Waals surface area contributed by atoms with Gasteiger partial charge in [0.2, 0.25) is 0 Å². The van der Waals surface area contributed by atoms with Gasteiger partial charge in [0.1, 0.15) is 11.5 Å². The molecule has 0 saturated carbocycles. The van der Waals surface area contributed by atoms with Crippen molar-refractivity contribution in [3.63, 3.8) is 0 Å². The molecule has 2 aromatic rings. The second kappa shape index (κ2) is 9.10. The Balaban J connectivity index is 2.14. The van der Waals surface area contributed by atoms with Crippen molar-refractivity contribution in [3.8, 4) is 23.0 Å². The molecule has 0 saturated heterocycles. The standard InChI is InChI=1S/C18H19BrN2O5/c1-4-26-16-8-11(7-14(19)17(16)22)10-20-21-18(23)13-6-5-12(24-2)9-15(13)25-3/h5-10,22H,4H2,1-3H3,(H,21,23)/b20-10+. The van der Waals surface area contributed by atoms with Crippen molar-refractivity contribution >= 4 is 28.1 Å². The Kier molecular flexibility index (Phi) is 6.85. The van der Waals surface area contributed by atoms with Crippen molar-refractivity contribution in [2.45, 2.75) is 6.92 Å². The van der Waals surface area contributed by atoms with Crippen LogP contribution in [-0.4, -0.2) is 38.1 Å². The van der Waals surface area contributed by atoms with E-state index in [0.717, 1.165) is 0 Å². The number of hydrogen-bond donors (Lipinski definition) is 2. The first-order valence-electron chi connectivity index (χ1n) is 7.70. The lowest BCUT2D eigenvalue weighted by Crippen LogP contribution is -2.18. The van der Waals surface area contributed by atoms with Gasteiger partial charge in [-0.05, 0) is 52.7 Å². The summed E-state index contributed by atoms with van der Waals surface area (Å²) >= 11 is 3.25. The van der Waals surface area contributed by atoms with E-state index >= 15 is 0 Å². The van der Waals surface area contributed by atoms with Crippen LogP contribution >= 0.6 is 15.9 Å². The van der Waals surface area contributed by atoms with Gasteiger partial charge in [-0.3, -0.25) is 4.79 Å². The Hall–Kier alpha value is -2.74. The number of phenols is 1. The largest absolute Gasteiger partial charge is 0.503 e. The maximum Gasteiger partial charge on any atom is 0.275 e. The van der Waals surface area contributed by atoms with Gasteiger partial charge in [0.05, 0.1) is 37.1 Å². The molecule has 0 unspecified atom stereocenters. The van der Waals surface area contributed by atoms with Crippen molar-refractivity contribution in [1.82, 2.24) is 5.43 Å². The quantitative estimate of drug-likeness (QED) is 0.527. The number of nitrogens with one attached hydrogen (secondary N) is 1. The predicted octanol–water partition coefficient (Wildman–Crippen LogP) is 3.33. The first-order chi connectivity index (χ1) is 12.5. The fourth-order valence-corrected chi connectivity index (χ4v) is 2.61. The first-order valence-corrected chi connectivity index (χ1v) is 8.50. The van der Waals surface area contributed by atoms with Crippen LogP contribution in [-0.2, 0) is 0 Å². The molecule has 138 valence electrons. The maximum absolute atomic E-state index is 12.3. The summed E-state index contributed by atoms with van der Waals surface area (Å²) in [6.45, 7) is 2.23. The van der Waals surface area contributed by atoms with E-state index in [1.54, 1.807) is 30.3 Å². The Labute approximate surface area is 159 Å². The normalized spacial score (nSPS) is 10.6. The Bertz CT molecular complexity index is 823. The number of methoxy groups -OCH3 is 2. The van der Waals surface area contributed by atoms with E-state index in [0.29, 0.717) is 39.5 Å². The molecule has 2 N–H and O–H groups in total. The van der Waals surface area contributed by atoms with Gasteiger partial charge in [-0.2, -0.15) is 5.10 Å². The van der Waals surface area contributed by atoms with Gasteiger partial charge in [0.25, 0.3) is 5.91 Å². The second-order valence-electron chi connectivity index (χ2n) is 5.05. The number of nitrogens with zero attached hydrogens (tertiary/aromatic N) is 1. The third-order valence-electron chi connectivity index (χ3n) is 3.38. The fourth-order valence-electron chi connectivity index (χ4n) is 2.15. The number of rotatable bonds is 7. The zero-order valence-electron chi connectivity index (χ0n) is 14.6. The van der Waals surface area contributed by atoms with Gasteiger partial charge >= 0.3 is 0 Å². The molecule has 0 aliphatic heterocycles. The van der Waals surface area contributed by atoms with Crippen LogP contribution in [0.15, 0.2) is 39.9 Å². The van der Waals surface area contributed by atoms with Crippen LogP contribution in [0, 0.1) is 0 Å². The van der Waals surface area contributed by atoms with Crippen LogP contribution < -0.4 is 19.6 Å². The zero-order valence-corrected chi connectivity index (χ0v) is 16.2. The lowest BCUT2D eigenvalue weighted by molar-refractivity contribution is 0.0952. The molecule has 0 aromatic heterocycles. The van der Waals surface area contributed by atoms with Gasteiger partial charge in [-0.25, -0.2) is 5.43 Å². The van der Waals surface area contributed by atoms with Gasteiger partial charge in [-0.1, -0.05) is 0 Å². The number of amides is 1. The Morgan fingerprint density at radius 3 is 2.65 bits per heavy atom. The molecule has 0 bridgehead atoms. The molecule has 1 amide bonds. The average Bonchev–Trinajstić information content (AvgIpc) is 2.65. The van der Waals surface area contributed by atoms with Gasteiger partial charge in [0.15, 0.2) is 11.5 Å². The number of phenolic OH excluding ortho intramolecular Hbond substituents is 1. The van der Waals surface area contributed by atoms with Crippen molar-refractivity contribution in [1.29, 1.82) is 0 Å². The first kappa shape index (κ1) is 19.6. The van der Waals surface area contributed by atoms with Crippen LogP contribution in [0.4, 0.5) is 0 Å². The summed E-state index contributed by atoms with van der Waals surface area (Å²) in [5, 5.41) is 13.8. The highest BCUT2D eigenvalue weighted by molar-refractivity contribution is 9.10. The lowest BCUT2D eigenvalue weighted by atomic mass is 10.2. The summed E-state index contributed by atoms with van der Waals surface area (Å²) in [4.78, 5) is 12.3. The minimum absolute atomic E-state index is 0.0102. The minimum Gasteiger partial charge on any atom is -0.503 e. The van der Waals surface area contributed by atoms with E-state index in [2.05, 4.69) is 26.5 Å². The molecule has 0 atom stereocenters. The van der Waals surface area contributed by atoms with Gasteiger partial charge < -0.3 is 19.3 Å². The zero-order chi connectivity index (χ0) is 19.1. The Morgan fingerprint density at radius 2 is 2.00 bits per heavy atom. The molecule has 0 heterocycles. The number of carbonyl (C=O) groups excluding carboxylic acids is 1. The summed E-state index contributed by atoms with van der Waals surface area (Å²) in [6, 6.07) is 8.14. The number of halogens is 1. The summed E-state index contributed by atoms with van der Waals surface area (Å²) in [5.74, 6) is 0.869. The van der Waals surface area contributed by atoms with E-state index in [9.17, 15) is 9.90 Å². The second-order valence-corrected chi connectivity index (χ2v) is 5.90. The molecule has 0 aliphatic carbocycles. The minimum atomic E-state index is -0.427. The van der Waals surface area contributed by atoms with E-state index in [1.807, 2.05) is 6.92 Å². The van der Waals surface area contributed by atoms with E-state index in [4.69, 9.17) is 14.2 Å². The molecule has 8 heteroatoms. The predicted molar refractivity (Wildman–Crippen MR) is 102 cm³/mol. The van der Waals surface area contributed by atoms with Crippen LogP contribution in [0.5, 0.6) is 23.0 Å². The van der Waals surface area contributed by atoms with Crippen molar-refractivity contribution < 1.29 is 24.1 Å². The lowest BCUT2D eigenvalue weighted by Gasteiger charge is -2.09. The van der Waals surface area contributed by atoms with Crippen LogP contribution in [0.1, 0.15) is 22.8 Å². The molecule has 26 heavy (non-hydrogen) atoms. The molecule has 0 aliphatic rings. The van der Waals surface area contributed by atoms with Crippen molar-refractivity contribution in [3.05, 3.63) is 45.9 Å². The average molecular weight is 423 g/mol. The molecule has 7 nitrogen and oxygen atoms in total. The number of benzene rings is 2. The summed E-state index contributed by atoms with van der Waals surface area (Å²) in [5.41, 5.74) is 3.40. The molecular formula is C18H19BrN2O5. The van der Waals surface area contributed by atoms with E-state index in [-0.39, 0.29) is 5.75 Å². The third kappa shape index (κ3) is 4.66. The summed E-state index contributed by atoms with van der Waals surface area (Å²) in [6.07, 6.45) is 1.45. The highest BCUT2D eigenvalue weighted by Gasteiger charge is 2.13. The molecular weight excluding hydrogens is 404 g/mol. The maximum atomic E-state index is 12.3. The fraction of sp³-hybridized carbons (Fsp3) is 0.222. The highest BCUT2D eigenvalue weighted by Crippen LogP contribution is 2.35. The van der Waals surface area contributed by atoms with Crippen LogP contribution in [0.2, 0.25) is 0 Å². The molecule has 0 radical (unpaired) electrons. The molecule has 0 spiro atoms. The third-order valence-corrected chi connectivity index (χ3v) is 3.99. The molecule has 0 fully saturated rings. The summed E-state index contributed by atoms with van der Waals surface area (Å²) in [7, 11) is 3.00. The van der Waals surface area contributed by atoms with Crippen LogP contribution in [0.25, 0.3) is 0 Å². The van der Waals surface area contributed by atoms with Crippen molar-refractivity contribution in [2.24, 2.45) is 5.10 Å². The monoisotopic (exact) mass is 422 g/mol. The van der Waals surface area contributed by atoms with E-state index in [1.165, 1.54) is 20.4 Å². The molecule has 2 rings (SSSR count). The molecule has 2 aromatic carbocycles. The SMILES string of the molecule is CCOc1cc(/C=N/NC(=O)c2ccc(OC)cc2OC)cc(Br)c1O. The number of ether oxygens (including phenoxy) is 3. The summed E-state index contributed by atoms with van der Waals surface area (Å²) < 4.78 is 16.1. The number of aromatic hydroxyl groups is 1. The number of hydrogen-bond acceptors (Lipinski definition) is 6.